The molecule has 1 rings (SSSR count). The maximum atomic E-state index is 11.7. The van der Waals surface area contributed by atoms with Crippen molar-refractivity contribution in [3.05, 3.63) is 34.9 Å². The van der Waals surface area contributed by atoms with E-state index in [9.17, 15) is 4.79 Å². The molecule has 0 radical (unpaired) electrons. The van der Waals surface area contributed by atoms with Crippen molar-refractivity contribution in [3.8, 4) is 0 Å². The van der Waals surface area contributed by atoms with Gasteiger partial charge in [-0.05, 0) is 36.5 Å². The van der Waals surface area contributed by atoms with Crippen molar-refractivity contribution in [2.75, 3.05) is 6.54 Å². The van der Waals surface area contributed by atoms with Gasteiger partial charge in [-0.15, -0.1) is 12.4 Å². The molecule has 1 aromatic rings. The number of carbonyl (C=O) groups is 1. The second kappa shape index (κ2) is 10.0. The Bertz CT molecular complexity index is 395. The van der Waals surface area contributed by atoms with E-state index in [1.54, 1.807) is 0 Å². The summed E-state index contributed by atoms with van der Waals surface area (Å²) in [5.74, 6) is 0.168. The third-order valence-electron chi connectivity index (χ3n) is 3.41. The number of benzene rings is 1. The van der Waals surface area contributed by atoms with Crippen molar-refractivity contribution < 1.29 is 4.79 Å². The summed E-state index contributed by atoms with van der Waals surface area (Å²) in [4.78, 5) is 11.7. The molecule has 1 amide bonds. The number of nitrogens with one attached hydrogen (secondary N) is 1. The van der Waals surface area contributed by atoms with Gasteiger partial charge in [-0.1, -0.05) is 44.0 Å². The predicted molar refractivity (Wildman–Crippen MR) is 87.5 cm³/mol. The van der Waals surface area contributed by atoms with E-state index in [1.165, 1.54) is 5.56 Å². The predicted octanol–water partition coefficient (Wildman–Crippen LogP) is 3.18. The van der Waals surface area contributed by atoms with Crippen LogP contribution in [0.1, 0.15) is 32.3 Å². The van der Waals surface area contributed by atoms with Crippen LogP contribution in [0.2, 0.25) is 5.02 Å². The van der Waals surface area contributed by atoms with Crippen molar-refractivity contribution in [3.63, 3.8) is 0 Å². The minimum absolute atomic E-state index is 0. The molecule has 1 aromatic carbocycles. The fourth-order valence-electron chi connectivity index (χ4n) is 1.79. The van der Waals surface area contributed by atoms with Crippen molar-refractivity contribution in [2.45, 2.75) is 39.2 Å². The monoisotopic (exact) mass is 318 g/mol. The number of rotatable bonds is 7. The minimum Gasteiger partial charge on any atom is -0.355 e. The lowest BCUT2D eigenvalue weighted by atomic mass is 9.99. The average molecular weight is 319 g/mol. The third-order valence-corrected chi connectivity index (χ3v) is 3.67. The second-order valence-corrected chi connectivity index (χ2v) is 5.37. The maximum absolute atomic E-state index is 11.7. The maximum Gasteiger partial charge on any atom is 0.237 e. The van der Waals surface area contributed by atoms with E-state index in [0.29, 0.717) is 6.54 Å². The van der Waals surface area contributed by atoms with Gasteiger partial charge in [0.05, 0.1) is 6.04 Å². The van der Waals surface area contributed by atoms with Gasteiger partial charge >= 0.3 is 0 Å². The van der Waals surface area contributed by atoms with Gasteiger partial charge in [0.25, 0.3) is 0 Å². The Hall–Kier alpha value is -0.770. The van der Waals surface area contributed by atoms with Gasteiger partial charge in [0, 0.05) is 11.6 Å². The first-order chi connectivity index (χ1) is 9.04. The van der Waals surface area contributed by atoms with E-state index in [1.807, 2.05) is 38.1 Å². The summed E-state index contributed by atoms with van der Waals surface area (Å²) < 4.78 is 0. The van der Waals surface area contributed by atoms with Crippen LogP contribution < -0.4 is 11.1 Å². The Morgan fingerprint density at radius 1 is 1.35 bits per heavy atom. The van der Waals surface area contributed by atoms with E-state index < -0.39 is 6.04 Å². The molecule has 0 aromatic heterocycles. The van der Waals surface area contributed by atoms with Crippen LogP contribution in [0.5, 0.6) is 0 Å². The van der Waals surface area contributed by atoms with Crippen molar-refractivity contribution >= 4 is 29.9 Å². The Morgan fingerprint density at radius 3 is 2.50 bits per heavy atom. The number of halogens is 2. The summed E-state index contributed by atoms with van der Waals surface area (Å²) in [7, 11) is 0. The summed E-state index contributed by atoms with van der Waals surface area (Å²) in [6.45, 7) is 4.70. The van der Waals surface area contributed by atoms with Gasteiger partial charge < -0.3 is 11.1 Å². The standard InChI is InChI=1S/C15H23ClN2O.ClH/c1-3-11(2)14(17)15(19)18-10-4-5-12-6-8-13(16)9-7-12;/h6-9,11,14H,3-5,10,17H2,1-2H3,(H,18,19);1H. The molecule has 0 aliphatic rings. The molecule has 20 heavy (non-hydrogen) atoms. The van der Waals surface area contributed by atoms with E-state index in [4.69, 9.17) is 17.3 Å². The Kier molecular flexibility index (Phi) is 9.64. The fourth-order valence-corrected chi connectivity index (χ4v) is 1.91. The van der Waals surface area contributed by atoms with Crippen LogP contribution >= 0.6 is 24.0 Å². The number of carbonyl (C=O) groups excluding carboxylic acids is 1. The molecule has 0 saturated carbocycles. The molecule has 0 spiro atoms. The molecule has 0 bridgehead atoms. The van der Waals surface area contributed by atoms with Crippen LogP contribution in [-0.2, 0) is 11.2 Å². The molecule has 114 valence electrons. The van der Waals surface area contributed by atoms with Gasteiger partial charge in [-0.3, -0.25) is 4.79 Å². The number of hydrogen-bond acceptors (Lipinski definition) is 2. The minimum atomic E-state index is -0.402. The molecule has 0 aliphatic heterocycles. The Morgan fingerprint density at radius 2 is 1.95 bits per heavy atom. The highest BCUT2D eigenvalue weighted by Crippen LogP contribution is 2.10. The first-order valence-electron chi connectivity index (χ1n) is 6.82. The number of aryl methyl sites for hydroxylation is 1. The quantitative estimate of drug-likeness (QED) is 0.758. The van der Waals surface area contributed by atoms with Crippen molar-refractivity contribution in [2.24, 2.45) is 11.7 Å². The van der Waals surface area contributed by atoms with Crippen LogP contribution in [0.4, 0.5) is 0 Å². The molecule has 0 fully saturated rings. The molecular formula is C15H24Cl2N2O. The summed E-state index contributed by atoms with van der Waals surface area (Å²) in [5, 5.41) is 3.64. The summed E-state index contributed by atoms with van der Waals surface area (Å²) in [5.41, 5.74) is 7.08. The molecular weight excluding hydrogens is 295 g/mol. The average Bonchev–Trinajstić information content (AvgIpc) is 2.43. The second-order valence-electron chi connectivity index (χ2n) is 4.93. The largest absolute Gasteiger partial charge is 0.355 e. The van der Waals surface area contributed by atoms with E-state index in [2.05, 4.69) is 5.32 Å². The van der Waals surface area contributed by atoms with Crippen molar-refractivity contribution in [1.82, 2.24) is 5.32 Å². The normalized spacial score (nSPS) is 13.2. The summed E-state index contributed by atoms with van der Waals surface area (Å²) >= 11 is 5.82. The van der Waals surface area contributed by atoms with Crippen molar-refractivity contribution in [1.29, 1.82) is 0 Å². The van der Waals surface area contributed by atoms with Crippen LogP contribution in [0.3, 0.4) is 0 Å². The highest BCUT2D eigenvalue weighted by atomic mass is 35.5. The van der Waals surface area contributed by atoms with Crippen LogP contribution in [-0.4, -0.2) is 18.5 Å². The highest BCUT2D eigenvalue weighted by Gasteiger charge is 2.18. The SMILES string of the molecule is CCC(C)C(N)C(=O)NCCCc1ccc(Cl)cc1.Cl. The summed E-state index contributed by atoms with van der Waals surface area (Å²) in [6.07, 6.45) is 2.75. The van der Waals surface area contributed by atoms with E-state index >= 15 is 0 Å². The molecule has 5 heteroatoms. The van der Waals surface area contributed by atoms with Gasteiger partial charge in [0.2, 0.25) is 5.91 Å². The van der Waals surface area contributed by atoms with Gasteiger partial charge in [0.15, 0.2) is 0 Å². The van der Waals surface area contributed by atoms with Gasteiger partial charge in [-0.2, -0.15) is 0 Å². The Labute approximate surface area is 132 Å². The molecule has 2 atom stereocenters. The smallest absolute Gasteiger partial charge is 0.237 e. The molecule has 0 saturated heterocycles. The van der Waals surface area contributed by atoms with Gasteiger partial charge in [0.1, 0.15) is 0 Å². The molecule has 0 aliphatic carbocycles. The first kappa shape index (κ1) is 19.2. The number of hydrogen-bond donors (Lipinski definition) is 2. The van der Waals surface area contributed by atoms with Crippen LogP contribution in [0, 0.1) is 5.92 Å². The number of nitrogens with two attached hydrogens (primary N) is 1. The van der Waals surface area contributed by atoms with E-state index in [0.717, 1.165) is 24.3 Å². The lowest BCUT2D eigenvalue weighted by Gasteiger charge is -2.17. The zero-order valence-corrected chi connectivity index (χ0v) is 13.6. The van der Waals surface area contributed by atoms with E-state index in [-0.39, 0.29) is 24.2 Å². The number of amides is 1. The summed E-state index contributed by atoms with van der Waals surface area (Å²) in [6, 6.07) is 7.38. The van der Waals surface area contributed by atoms with Gasteiger partial charge in [-0.25, -0.2) is 0 Å². The zero-order chi connectivity index (χ0) is 14.3. The first-order valence-corrected chi connectivity index (χ1v) is 7.20. The molecule has 2 unspecified atom stereocenters. The highest BCUT2D eigenvalue weighted by molar-refractivity contribution is 6.30. The zero-order valence-electron chi connectivity index (χ0n) is 12.1. The third kappa shape index (κ3) is 6.60. The fraction of sp³-hybridized carbons (Fsp3) is 0.533. The van der Waals surface area contributed by atoms with Crippen LogP contribution in [0.15, 0.2) is 24.3 Å². The van der Waals surface area contributed by atoms with Crippen LogP contribution in [0.25, 0.3) is 0 Å². The lowest BCUT2D eigenvalue weighted by Crippen LogP contribution is -2.44. The Balaban J connectivity index is 0.00000361. The topological polar surface area (TPSA) is 55.1 Å². The molecule has 0 heterocycles. The molecule has 3 nitrogen and oxygen atoms in total. The molecule has 3 N–H and O–H groups in total. The lowest BCUT2D eigenvalue weighted by molar-refractivity contribution is -0.123.